The summed E-state index contributed by atoms with van der Waals surface area (Å²) in [5.41, 5.74) is 7.74. The topological polar surface area (TPSA) is 25.2 Å². The van der Waals surface area contributed by atoms with Gasteiger partial charge in [0.25, 0.3) is 5.91 Å². The molecule has 0 spiro atoms. The highest BCUT2D eigenvalue weighted by Gasteiger charge is 2.34. The number of hydrogen-bond acceptors (Lipinski definition) is 3. The van der Waals surface area contributed by atoms with Gasteiger partial charge in [0.2, 0.25) is 0 Å². The molecule has 5 rings (SSSR count). The van der Waals surface area contributed by atoms with Gasteiger partial charge >= 0.3 is 0 Å². The van der Waals surface area contributed by atoms with Crippen LogP contribution in [0, 0.1) is 20.8 Å². The predicted molar refractivity (Wildman–Crippen MR) is 144 cm³/mol. The Morgan fingerprint density at radius 1 is 0.939 bits per heavy atom. The molecule has 4 aromatic rings. The number of carbonyl (C=O) groups excluding carboxylic acids is 1. The van der Waals surface area contributed by atoms with Gasteiger partial charge in [-0.1, -0.05) is 89.7 Å². The van der Waals surface area contributed by atoms with Gasteiger partial charge in [-0.05, 0) is 50.1 Å². The standard InChI is InChI=1S/C28H24N2OS2/c1-18-8-11-21(12-9-18)16-29-17-22(23-6-4-5-7-25(23)29)15-26-27(31)30(28(32)33-26)24-13-10-19(2)14-20(24)3/h4-15,17H,16H2,1-3H3/b26-15+. The van der Waals surface area contributed by atoms with Crippen molar-refractivity contribution in [2.24, 2.45) is 0 Å². The third-order valence-electron chi connectivity index (χ3n) is 5.97. The van der Waals surface area contributed by atoms with E-state index in [4.69, 9.17) is 12.2 Å². The fraction of sp³-hybridized carbons (Fsp3) is 0.143. The molecule has 1 amide bonds. The molecule has 0 bridgehead atoms. The van der Waals surface area contributed by atoms with Gasteiger partial charge < -0.3 is 4.57 Å². The maximum Gasteiger partial charge on any atom is 0.270 e. The molecule has 0 saturated carbocycles. The lowest BCUT2D eigenvalue weighted by atomic mass is 10.1. The Morgan fingerprint density at radius 3 is 2.42 bits per heavy atom. The van der Waals surface area contributed by atoms with Crippen LogP contribution in [-0.4, -0.2) is 14.8 Å². The first-order valence-electron chi connectivity index (χ1n) is 10.9. The predicted octanol–water partition coefficient (Wildman–Crippen LogP) is 7.02. The van der Waals surface area contributed by atoms with Crippen molar-refractivity contribution in [3.05, 3.63) is 106 Å². The minimum absolute atomic E-state index is 0.0627. The summed E-state index contributed by atoms with van der Waals surface area (Å²) in [5, 5.41) is 1.13. The lowest BCUT2D eigenvalue weighted by Crippen LogP contribution is -2.28. The van der Waals surface area contributed by atoms with Gasteiger partial charge in [-0.15, -0.1) is 0 Å². The Kier molecular flexibility index (Phi) is 5.69. The first-order chi connectivity index (χ1) is 15.9. The molecule has 0 unspecified atom stereocenters. The van der Waals surface area contributed by atoms with Crippen LogP contribution in [0.15, 0.2) is 77.8 Å². The van der Waals surface area contributed by atoms with Crippen molar-refractivity contribution in [1.29, 1.82) is 0 Å². The van der Waals surface area contributed by atoms with Crippen molar-refractivity contribution >= 4 is 56.9 Å². The van der Waals surface area contributed by atoms with E-state index in [0.29, 0.717) is 9.23 Å². The zero-order valence-corrected chi connectivity index (χ0v) is 20.5. The summed E-state index contributed by atoms with van der Waals surface area (Å²) >= 11 is 6.97. The van der Waals surface area contributed by atoms with E-state index >= 15 is 0 Å². The van der Waals surface area contributed by atoms with Gasteiger partial charge in [-0.3, -0.25) is 9.69 Å². The van der Waals surface area contributed by atoms with Crippen molar-refractivity contribution in [2.75, 3.05) is 4.90 Å². The van der Waals surface area contributed by atoms with Crippen molar-refractivity contribution < 1.29 is 4.79 Å². The van der Waals surface area contributed by atoms with Gasteiger partial charge in [0.05, 0.1) is 10.6 Å². The maximum atomic E-state index is 13.4. The van der Waals surface area contributed by atoms with E-state index in [1.807, 2.05) is 38.1 Å². The number of nitrogens with zero attached hydrogens (tertiary/aromatic N) is 2. The summed E-state index contributed by atoms with van der Waals surface area (Å²) in [6.07, 6.45) is 4.12. The van der Waals surface area contributed by atoms with E-state index in [2.05, 4.69) is 66.2 Å². The van der Waals surface area contributed by atoms with Crippen LogP contribution in [-0.2, 0) is 11.3 Å². The number of aryl methyl sites for hydroxylation is 3. The van der Waals surface area contributed by atoms with E-state index in [1.165, 1.54) is 28.5 Å². The van der Waals surface area contributed by atoms with Gasteiger partial charge in [0.1, 0.15) is 0 Å². The van der Waals surface area contributed by atoms with Crippen molar-refractivity contribution in [3.63, 3.8) is 0 Å². The molecule has 3 nitrogen and oxygen atoms in total. The number of hydrogen-bond donors (Lipinski definition) is 0. The Bertz CT molecular complexity index is 1430. The zero-order chi connectivity index (χ0) is 23.1. The molecule has 164 valence electrons. The SMILES string of the molecule is Cc1ccc(Cn2cc(/C=C3/SC(=S)N(c4ccc(C)cc4C)C3=O)c3ccccc32)cc1. The molecule has 2 heterocycles. The fourth-order valence-corrected chi connectivity index (χ4v) is 5.56. The maximum absolute atomic E-state index is 13.4. The molecule has 0 atom stereocenters. The largest absolute Gasteiger partial charge is 0.342 e. The molecule has 0 aliphatic carbocycles. The molecular formula is C28H24N2OS2. The Morgan fingerprint density at radius 2 is 1.67 bits per heavy atom. The van der Waals surface area contributed by atoms with Crippen molar-refractivity contribution in [3.8, 4) is 0 Å². The molecule has 33 heavy (non-hydrogen) atoms. The zero-order valence-electron chi connectivity index (χ0n) is 18.8. The summed E-state index contributed by atoms with van der Waals surface area (Å²) in [5.74, 6) is -0.0627. The number of anilines is 1. The number of carbonyl (C=O) groups is 1. The molecule has 0 N–H and O–H groups in total. The number of thiocarbonyl (C=S) groups is 1. The summed E-state index contributed by atoms with van der Waals surface area (Å²) < 4.78 is 2.82. The third kappa shape index (κ3) is 4.14. The second-order valence-corrected chi connectivity index (χ2v) is 10.2. The Hall–Kier alpha value is -3.15. The minimum atomic E-state index is -0.0627. The van der Waals surface area contributed by atoms with Crippen LogP contribution in [0.5, 0.6) is 0 Å². The number of amides is 1. The lowest BCUT2D eigenvalue weighted by molar-refractivity contribution is -0.113. The van der Waals surface area contributed by atoms with Gasteiger partial charge in [0, 0.05) is 29.2 Å². The van der Waals surface area contributed by atoms with Crippen LogP contribution in [0.3, 0.4) is 0 Å². The smallest absolute Gasteiger partial charge is 0.270 e. The second-order valence-electron chi connectivity index (χ2n) is 8.52. The van der Waals surface area contributed by atoms with Crippen molar-refractivity contribution in [2.45, 2.75) is 27.3 Å². The van der Waals surface area contributed by atoms with E-state index in [0.717, 1.165) is 34.3 Å². The van der Waals surface area contributed by atoms with Crippen LogP contribution < -0.4 is 4.90 Å². The number of aromatic nitrogens is 1. The Labute approximate surface area is 203 Å². The highest BCUT2D eigenvalue weighted by molar-refractivity contribution is 8.27. The van der Waals surface area contributed by atoms with Crippen LogP contribution in [0.2, 0.25) is 0 Å². The van der Waals surface area contributed by atoms with Gasteiger partial charge in [-0.2, -0.15) is 0 Å². The summed E-state index contributed by atoms with van der Waals surface area (Å²) in [7, 11) is 0. The lowest BCUT2D eigenvalue weighted by Gasteiger charge is -2.17. The normalized spacial score (nSPS) is 15.2. The van der Waals surface area contributed by atoms with E-state index in [9.17, 15) is 4.79 Å². The number of para-hydroxylation sites is 1. The monoisotopic (exact) mass is 468 g/mol. The number of thioether (sulfide) groups is 1. The van der Waals surface area contributed by atoms with Crippen LogP contribution in [0.4, 0.5) is 5.69 Å². The average Bonchev–Trinajstić information content (AvgIpc) is 3.27. The van der Waals surface area contributed by atoms with Crippen LogP contribution >= 0.6 is 24.0 Å². The quantitative estimate of drug-likeness (QED) is 0.238. The van der Waals surface area contributed by atoms with E-state index in [-0.39, 0.29) is 5.91 Å². The van der Waals surface area contributed by atoms with E-state index in [1.54, 1.807) is 4.90 Å². The molecule has 1 fully saturated rings. The highest BCUT2D eigenvalue weighted by Crippen LogP contribution is 2.38. The molecule has 1 saturated heterocycles. The first kappa shape index (κ1) is 21.7. The van der Waals surface area contributed by atoms with Crippen molar-refractivity contribution in [1.82, 2.24) is 4.57 Å². The van der Waals surface area contributed by atoms with E-state index < -0.39 is 0 Å². The van der Waals surface area contributed by atoms with Gasteiger partial charge in [-0.25, -0.2) is 0 Å². The molecular weight excluding hydrogens is 444 g/mol. The number of fused-ring (bicyclic) bond motifs is 1. The first-order valence-corrected chi connectivity index (χ1v) is 12.1. The average molecular weight is 469 g/mol. The summed E-state index contributed by atoms with van der Waals surface area (Å²) in [6.45, 7) is 6.94. The number of rotatable bonds is 4. The Balaban J connectivity index is 1.52. The second kappa shape index (κ2) is 8.65. The molecule has 1 aliphatic rings. The van der Waals surface area contributed by atoms with Crippen LogP contribution in [0.25, 0.3) is 17.0 Å². The van der Waals surface area contributed by atoms with Crippen LogP contribution in [0.1, 0.15) is 27.8 Å². The molecule has 0 radical (unpaired) electrons. The molecule has 5 heteroatoms. The molecule has 1 aromatic heterocycles. The molecule has 1 aliphatic heterocycles. The number of benzene rings is 3. The highest BCUT2D eigenvalue weighted by atomic mass is 32.2. The fourth-order valence-electron chi connectivity index (χ4n) is 4.28. The molecule has 3 aromatic carbocycles. The van der Waals surface area contributed by atoms with Gasteiger partial charge in [0.15, 0.2) is 4.32 Å². The summed E-state index contributed by atoms with van der Waals surface area (Å²) in [4.78, 5) is 15.7. The third-order valence-corrected chi connectivity index (χ3v) is 7.27. The minimum Gasteiger partial charge on any atom is -0.342 e. The summed E-state index contributed by atoms with van der Waals surface area (Å²) in [6, 6.07) is 23.0.